The first-order chi connectivity index (χ1) is 11.7. The maximum atomic E-state index is 12.8. The van der Waals surface area contributed by atoms with Crippen LogP contribution < -0.4 is 9.47 Å². The topological polar surface area (TPSA) is 35.5 Å². The Morgan fingerprint density at radius 2 is 1.71 bits per heavy atom. The lowest BCUT2D eigenvalue weighted by molar-refractivity contribution is 0.0993. The predicted molar refractivity (Wildman–Crippen MR) is 94.3 cm³/mol. The number of hydrogen-bond donors (Lipinski definition) is 0. The number of carbonyl (C=O) groups is 1. The van der Waals surface area contributed by atoms with Crippen LogP contribution in [0.5, 0.6) is 11.5 Å². The van der Waals surface area contributed by atoms with Gasteiger partial charge in [-0.3, -0.25) is 4.79 Å². The van der Waals surface area contributed by atoms with Crippen molar-refractivity contribution in [2.24, 2.45) is 0 Å². The fourth-order valence-corrected chi connectivity index (χ4v) is 3.65. The van der Waals surface area contributed by atoms with Gasteiger partial charge in [0, 0.05) is 28.7 Å². The van der Waals surface area contributed by atoms with E-state index in [1.807, 2.05) is 42.5 Å². The van der Waals surface area contributed by atoms with E-state index in [4.69, 9.17) is 9.47 Å². The molecule has 0 amide bonds. The third kappa shape index (κ3) is 2.16. The Morgan fingerprint density at radius 1 is 0.917 bits per heavy atom. The molecule has 0 fully saturated rings. The lowest BCUT2D eigenvalue weighted by Gasteiger charge is -2.15. The van der Waals surface area contributed by atoms with Crippen LogP contribution in [0.4, 0.5) is 0 Å². The van der Waals surface area contributed by atoms with Gasteiger partial charge >= 0.3 is 0 Å². The van der Waals surface area contributed by atoms with E-state index in [1.54, 1.807) is 14.2 Å². The van der Waals surface area contributed by atoms with Crippen molar-refractivity contribution < 1.29 is 14.3 Å². The molecule has 0 aliphatic heterocycles. The number of hydrogen-bond acceptors (Lipinski definition) is 3. The number of Topliss-reactive ketones (excluding diaryl/α,β-unsaturated/α-hetero) is 1. The minimum Gasteiger partial charge on any atom is -0.497 e. The molecular formula is C21H18O3. The molecule has 4 rings (SSSR count). The van der Waals surface area contributed by atoms with Crippen LogP contribution in [-0.4, -0.2) is 20.0 Å². The number of methoxy groups -OCH3 is 2. The van der Waals surface area contributed by atoms with E-state index in [2.05, 4.69) is 12.1 Å². The zero-order valence-corrected chi connectivity index (χ0v) is 13.7. The van der Waals surface area contributed by atoms with Gasteiger partial charge in [0.2, 0.25) is 0 Å². The summed E-state index contributed by atoms with van der Waals surface area (Å²) in [5.74, 6) is 1.80. The quantitative estimate of drug-likeness (QED) is 0.709. The second-order valence-electron chi connectivity index (χ2n) is 6.05. The highest BCUT2D eigenvalue weighted by atomic mass is 16.5. The van der Waals surface area contributed by atoms with E-state index in [-0.39, 0.29) is 11.7 Å². The SMILES string of the molecule is COc1ccc2c(OC)cc3c(c2c1)C(=O)C[C@H]3c1ccccc1. The van der Waals surface area contributed by atoms with Gasteiger partial charge in [0.1, 0.15) is 11.5 Å². The van der Waals surface area contributed by atoms with Crippen LogP contribution in [0.1, 0.15) is 33.8 Å². The van der Waals surface area contributed by atoms with Gasteiger partial charge < -0.3 is 9.47 Å². The second-order valence-corrected chi connectivity index (χ2v) is 6.05. The van der Waals surface area contributed by atoms with Gasteiger partial charge in [0.05, 0.1) is 14.2 Å². The maximum absolute atomic E-state index is 12.8. The highest BCUT2D eigenvalue weighted by Gasteiger charge is 2.33. The van der Waals surface area contributed by atoms with Gasteiger partial charge in [0.25, 0.3) is 0 Å². The number of ketones is 1. The molecule has 0 N–H and O–H groups in total. The number of fused-ring (bicyclic) bond motifs is 3. The number of ether oxygens (including phenoxy) is 2. The van der Waals surface area contributed by atoms with E-state index in [9.17, 15) is 4.79 Å². The summed E-state index contributed by atoms with van der Waals surface area (Å²) in [6.45, 7) is 0. The molecule has 0 spiro atoms. The van der Waals surface area contributed by atoms with Gasteiger partial charge in [-0.1, -0.05) is 30.3 Å². The van der Waals surface area contributed by atoms with Crippen LogP contribution in [0.15, 0.2) is 54.6 Å². The summed E-state index contributed by atoms with van der Waals surface area (Å²) in [6, 6.07) is 18.0. The minimum absolute atomic E-state index is 0.0817. The first kappa shape index (κ1) is 14.8. The standard InChI is InChI=1S/C21H18O3/c1-23-14-8-9-15-17(10-14)21-18(12-20(15)24-2)16(11-19(21)22)13-6-4-3-5-7-13/h3-10,12,16H,11H2,1-2H3/t16-/m0/s1. The average molecular weight is 318 g/mol. The van der Waals surface area contributed by atoms with Crippen molar-refractivity contribution in [3.63, 3.8) is 0 Å². The average Bonchev–Trinajstić information content (AvgIpc) is 2.98. The normalized spacial score (nSPS) is 16.2. The molecule has 1 atom stereocenters. The van der Waals surface area contributed by atoms with Crippen molar-refractivity contribution in [2.45, 2.75) is 12.3 Å². The van der Waals surface area contributed by atoms with Crippen molar-refractivity contribution in [1.82, 2.24) is 0 Å². The molecule has 0 saturated carbocycles. The van der Waals surface area contributed by atoms with Crippen molar-refractivity contribution in [3.8, 4) is 11.5 Å². The molecule has 0 saturated heterocycles. The van der Waals surface area contributed by atoms with E-state index < -0.39 is 0 Å². The van der Waals surface area contributed by atoms with Crippen LogP contribution in [-0.2, 0) is 0 Å². The first-order valence-electron chi connectivity index (χ1n) is 7.99. The molecule has 3 heteroatoms. The minimum atomic E-state index is 0.0817. The summed E-state index contributed by atoms with van der Waals surface area (Å²) in [6.07, 6.45) is 0.499. The third-order valence-corrected chi connectivity index (χ3v) is 4.80. The Hall–Kier alpha value is -2.81. The van der Waals surface area contributed by atoms with Gasteiger partial charge in [-0.05, 0) is 35.4 Å². The lowest BCUT2D eigenvalue weighted by Crippen LogP contribution is -1.98. The molecule has 1 aliphatic carbocycles. The van der Waals surface area contributed by atoms with E-state index in [0.29, 0.717) is 6.42 Å². The molecule has 0 aromatic heterocycles. The molecule has 0 heterocycles. The highest BCUT2D eigenvalue weighted by molar-refractivity contribution is 6.14. The Kier molecular flexibility index (Phi) is 3.49. The number of benzene rings is 3. The molecule has 3 aromatic rings. The molecule has 24 heavy (non-hydrogen) atoms. The zero-order valence-electron chi connectivity index (χ0n) is 13.7. The van der Waals surface area contributed by atoms with Gasteiger partial charge in [-0.25, -0.2) is 0 Å². The Bertz CT molecular complexity index is 929. The highest BCUT2D eigenvalue weighted by Crippen LogP contribution is 2.45. The summed E-state index contributed by atoms with van der Waals surface area (Å²) in [4.78, 5) is 12.8. The summed E-state index contributed by atoms with van der Waals surface area (Å²) in [7, 11) is 3.30. The predicted octanol–water partition coefficient (Wildman–Crippen LogP) is 4.58. The Labute approximate surface area is 140 Å². The van der Waals surface area contributed by atoms with Gasteiger partial charge in [0.15, 0.2) is 5.78 Å². The van der Waals surface area contributed by atoms with Crippen molar-refractivity contribution >= 4 is 16.6 Å². The van der Waals surface area contributed by atoms with Gasteiger partial charge in [-0.15, -0.1) is 0 Å². The van der Waals surface area contributed by atoms with Crippen LogP contribution in [0, 0.1) is 0 Å². The summed E-state index contributed by atoms with van der Waals surface area (Å²) in [5, 5.41) is 1.85. The van der Waals surface area contributed by atoms with Crippen molar-refractivity contribution in [3.05, 3.63) is 71.3 Å². The zero-order chi connectivity index (χ0) is 16.7. The van der Waals surface area contributed by atoms with Crippen LogP contribution in [0.25, 0.3) is 10.8 Å². The number of rotatable bonds is 3. The smallest absolute Gasteiger partial charge is 0.164 e. The first-order valence-corrected chi connectivity index (χ1v) is 7.99. The molecule has 3 nitrogen and oxygen atoms in total. The number of carbonyl (C=O) groups excluding carboxylic acids is 1. The van der Waals surface area contributed by atoms with Crippen molar-refractivity contribution in [2.75, 3.05) is 14.2 Å². The van der Waals surface area contributed by atoms with Crippen molar-refractivity contribution in [1.29, 1.82) is 0 Å². The Balaban J connectivity index is 2.01. The monoisotopic (exact) mass is 318 g/mol. The molecule has 0 radical (unpaired) electrons. The fraction of sp³-hybridized carbons (Fsp3) is 0.190. The molecule has 120 valence electrons. The van der Waals surface area contributed by atoms with E-state index >= 15 is 0 Å². The summed E-state index contributed by atoms with van der Waals surface area (Å²) < 4.78 is 10.9. The molecule has 0 bridgehead atoms. The maximum Gasteiger partial charge on any atom is 0.164 e. The van der Waals surface area contributed by atoms with Crippen LogP contribution >= 0.6 is 0 Å². The van der Waals surface area contributed by atoms with E-state index in [0.717, 1.165) is 39.0 Å². The molecule has 1 aliphatic rings. The molecule has 3 aromatic carbocycles. The Morgan fingerprint density at radius 3 is 2.42 bits per heavy atom. The van der Waals surface area contributed by atoms with Crippen LogP contribution in [0.3, 0.4) is 0 Å². The molecule has 0 unspecified atom stereocenters. The lowest BCUT2D eigenvalue weighted by atomic mass is 9.91. The van der Waals surface area contributed by atoms with E-state index in [1.165, 1.54) is 0 Å². The van der Waals surface area contributed by atoms with Gasteiger partial charge in [-0.2, -0.15) is 0 Å². The fourth-order valence-electron chi connectivity index (χ4n) is 3.65. The van der Waals surface area contributed by atoms with Crippen LogP contribution in [0.2, 0.25) is 0 Å². The summed E-state index contributed by atoms with van der Waals surface area (Å²) >= 11 is 0. The second kappa shape index (κ2) is 5.68. The molecular weight excluding hydrogens is 300 g/mol. The third-order valence-electron chi connectivity index (χ3n) is 4.80. The summed E-state index contributed by atoms with van der Waals surface area (Å²) in [5.41, 5.74) is 3.01. The largest absolute Gasteiger partial charge is 0.497 e.